The van der Waals surface area contributed by atoms with Crippen LogP contribution in [0.5, 0.6) is 0 Å². The van der Waals surface area contributed by atoms with Crippen molar-refractivity contribution in [3.63, 3.8) is 0 Å². The van der Waals surface area contributed by atoms with Crippen molar-refractivity contribution in [1.29, 1.82) is 0 Å². The van der Waals surface area contributed by atoms with Gasteiger partial charge in [0.2, 0.25) is 5.91 Å². The highest BCUT2D eigenvalue weighted by Crippen LogP contribution is 2.29. The molecule has 0 atom stereocenters. The molecule has 2 N–H and O–H groups in total. The van der Waals surface area contributed by atoms with Gasteiger partial charge in [-0.15, -0.1) is 0 Å². The molecule has 0 aliphatic heterocycles. The molecule has 0 spiro atoms. The Morgan fingerprint density at radius 1 is 1.20 bits per heavy atom. The first-order valence-electron chi connectivity index (χ1n) is 6.58. The number of nitrogens with one attached hydrogen (secondary N) is 2. The Bertz CT molecular complexity index is 452. The lowest BCUT2D eigenvalue weighted by molar-refractivity contribution is -0.137. The largest absolute Gasteiger partial charge is 0.416 e. The van der Waals surface area contributed by atoms with E-state index in [4.69, 9.17) is 0 Å². The third kappa shape index (κ3) is 4.85. The first-order valence-corrected chi connectivity index (χ1v) is 6.58. The Morgan fingerprint density at radius 3 is 2.40 bits per heavy atom. The van der Waals surface area contributed by atoms with E-state index < -0.39 is 11.7 Å². The van der Waals surface area contributed by atoms with Gasteiger partial charge in [-0.3, -0.25) is 4.79 Å². The molecule has 1 aliphatic rings. The van der Waals surface area contributed by atoms with E-state index in [9.17, 15) is 18.0 Å². The second-order valence-corrected chi connectivity index (χ2v) is 5.05. The van der Waals surface area contributed by atoms with Gasteiger partial charge in [0.25, 0.3) is 0 Å². The number of carbonyl (C=O) groups excluding carboxylic acids is 1. The van der Waals surface area contributed by atoms with E-state index in [0.29, 0.717) is 18.0 Å². The van der Waals surface area contributed by atoms with Gasteiger partial charge in [0, 0.05) is 13.1 Å². The number of amides is 1. The monoisotopic (exact) mass is 286 g/mol. The van der Waals surface area contributed by atoms with Crippen LogP contribution in [0.4, 0.5) is 13.2 Å². The number of rotatable bonds is 6. The normalized spacial score (nSPS) is 15.2. The van der Waals surface area contributed by atoms with Crippen LogP contribution in [0.2, 0.25) is 0 Å². The summed E-state index contributed by atoms with van der Waals surface area (Å²) in [4.78, 5) is 11.4. The van der Waals surface area contributed by atoms with Gasteiger partial charge in [-0.05, 0) is 36.5 Å². The average Bonchev–Trinajstić information content (AvgIpc) is 3.20. The second kappa shape index (κ2) is 6.26. The van der Waals surface area contributed by atoms with Crippen molar-refractivity contribution < 1.29 is 18.0 Å². The molecule has 0 aromatic heterocycles. The first kappa shape index (κ1) is 14.8. The van der Waals surface area contributed by atoms with Crippen LogP contribution in [-0.4, -0.2) is 19.0 Å². The van der Waals surface area contributed by atoms with Crippen molar-refractivity contribution in [1.82, 2.24) is 10.6 Å². The molecule has 1 aliphatic carbocycles. The molecule has 1 aromatic rings. The molecule has 0 heterocycles. The van der Waals surface area contributed by atoms with Gasteiger partial charge in [0.05, 0.1) is 12.1 Å². The maximum absolute atomic E-state index is 12.4. The van der Waals surface area contributed by atoms with Crippen LogP contribution in [0.15, 0.2) is 24.3 Å². The smallest absolute Gasteiger partial charge is 0.355 e. The van der Waals surface area contributed by atoms with Gasteiger partial charge in [0.1, 0.15) is 0 Å². The predicted molar refractivity (Wildman–Crippen MR) is 68.9 cm³/mol. The minimum Gasteiger partial charge on any atom is -0.355 e. The first-order chi connectivity index (χ1) is 9.45. The SMILES string of the molecule is O=C(CNCc1ccc(C(F)(F)F)cc1)NCC1CC1. The van der Waals surface area contributed by atoms with Crippen molar-refractivity contribution >= 4 is 5.91 Å². The van der Waals surface area contributed by atoms with E-state index >= 15 is 0 Å². The van der Waals surface area contributed by atoms with Crippen molar-refractivity contribution in [2.75, 3.05) is 13.1 Å². The summed E-state index contributed by atoms with van der Waals surface area (Å²) in [5, 5.41) is 5.72. The number of hydrogen-bond donors (Lipinski definition) is 2. The zero-order valence-corrected chi connectivity index (χ0v) is 11.0. The topological polar surface area (TPSA) is 41.1 Å². The molecule has 1 fully saturated rings. The van der Waals surface area contributed by atoms with Crippen LogP contribution in [0.3, 0.4) is 0 Å². The summed E-state index contributed by atoms with van der Waals surface area (Å²) in [6.45, 7) is 1.27. The highest BCUT2D eigenvalue weighted by molar-refractivity contribution is 5.77. The highest BCUT2D eigenvalue weighted by atomic mass is 19.4. The quantitative estimate of drug-likeness (QED) is 0.842. The maximum Gasteiger partial charge on any atom is 0.416 e. The number of halogens is 3. The van der Waals surface area contributed by atoms with Gasteiger partial charge in [0.15, 0.2) is 0 Å². The van der Waals surface area contributed by atoms with Crippen LogP contribution in [0.1, 0.15) is 24.0 Å². The van der Waals surface area contributed by atoms with Gasteiger partial charge >= 0.3 is 6.18 Å². The summed E-state index contributed by atoms with van der Waals surface area (Å²) in [5.41, 5.74) is 0.0522. The molecular formula is C14H17F3N2O. The zero-order chi connectivity index (χ0) is 14.6. The van der Waals surface area contributed by atoms with Crippen molar-refractivity contribution in [2.24, 2.45) is 5.92 Å². The minimum atomic E-state index is -4.31. The Morgan fingerprint density at radius 2 is 1.85 bits per heavy atom. The van der Waals surface area contributed by atoms with E-state index in [1.165, 1.54) is 25.0 Å². The number of benzene rings is 1. The average molecular weight is 286 g/mol. The summed E-state index contributed by atoms with van der Waals surface area (Å²) < 4.78 is 37.1. The van der Waals surface area contributed by atoms with E-state index in [2.05, 4.69) is 10.6 Å². The molecule has 0 bridgehead atoms. The van der Waals surface area contributed by atoms with E-state index in [1.54, 1.807) is 0 Å². The van der Waals surface area contributed by atoms with E-state index in [-0.39, 0.29) is 12.5 Å². The number of hydrogen-bond acceptors (Lipinski definition) is 2. The van der Waals surface area contributed by atoms with Crippen molar-refractivity contribution in [3.05, 3.63) is 35.4 Å². The number of alkyl halides is 3. The third-order valence-corrected chi connectivity index (χ3v) is 3.18. The van der Waals surface area contributed by atoms with Gasteiger partial charge in [-0.2, -0.15) is 13.2 Å². The molecular weight excluding hydrogens is 269 g/mol. The summed E-state index contributed by atoms with van der Waals surface area (Å²) in [6.07, 6.45) is -1.95. The molecule has 1 saturated carbocycles. The van der Waals surface area contributed by atoms with Crippen LogP contribution in [0, 0.1) is 5.92 Å². The second-order valence-electron chi connectivity index (χ2n) is 5.05. The van der Waals surface area contributed by atoms with E-state index in [1.807, 2.05) is 0 Å². The predicted octanol–water partition coefficient (Wildman–Crippen LogP) is 2.32. The molecule has 20 heavy (non-hydrogen) atoms. The highest BCUT2D eigenvalue weighted by Gasteiger charge is 2.29. The Balaban J connectivity index is 1.69. The zero-order valence-electron chi connectivity index (χ0n) is 11.0. The lowest BCUT2D eigenvalue weighted by atomic mass is 10.1. The fraction of sp³-hybridized carbons (Fsp3) is 0.500. The summed E-state index contributed by atoms with van der Waals surface area (Å²) >= 11 is 0. The van der Waals surface area contributed by atoms with Gasteiger partial charge in [-0.1, -0.05) is 12.1 Å². The van der Waals surface area contributed by atoms with Crippen LogP contribution >= 0.6 is 0 Å². The fourth-order valence-electron chi connectivity index (χ4n) is 1.77. The van der Waals surface area contributed by atoms with Crippen molar-refractivity contribution in [2.45, 2.75) is 25.6 Å². The molecule has 110 valence electrons. The van der Waals surface area contributed by atoms with Crippen LogP contribution < -0.4 is 10.6 Å². The molecule has 3 nitrogen and oxygen atoms in total. The van der Waals surface area contributed by atoms with E-state index in [0.717, 1.165) is 18.7 Å². The third-order valence-electron chi connectivity index (χ3n) is 3.18. The van der Waals surface area contributed by atoms with Crippen LogP contribution in [0.25, 0.3) is 0 Å². The minimum absolute atomic E-state index is 0.0798. The fourth-order valence-corrected chi connectivity index (χ4v) is 1.77. The molecule has 1 aromatic carbocycles. The Hall–Kier alpha value is -1.56. The maximum atomic E-state index is 12.4. The Kier molecular flexibility index (Phi) is 4.65. The lowest BCUT2D eigenvalue weighted by Crippen LogP contribution is -2.34. The summed E-state index contributed by atoms with van der Waals surface area (Å²) in [6, 6.07) is 4.92. The summed E-state index contributed by atoms with van der Waals surface area (Å²) in [5.74, 6) is 0.553. The molecule has 0 saturated heterocycles. The van der Waals surface area contributed by atoms with Crippen molar-refractivity contribution in [3.8, 4) is 0 Å². The number of carbonyl (C=O) groups is 1. The Labute approximate surface area is 115 Å². The lowest BCUT2D eigenvalue weighted by Gasteiger charge is -2.09. The van der Waals surface area contributed by atoms with Gasteiger partial charge in [-0.25, -0.2) is 0 Å². The molecule has 6 heteroatoms. The van der Waals surface area contributed by atoms with Gasteiger partial charge < -0.3 is 10.6 Å². The molecule has 0 radical (unpaired) electrons. The molecule has 0 unspecified atom stereocenters. The molecule has 1 amide bonds. The molecule has 2 rings (SSSR count). The van der Waals surface area contributed by atoms with Crippen LogP contribution in [-0.2, 0) is 17.5 Å². The standard InChI is InChI=1S/C14H17F3N2O/c15-14(16,17)12-5-3-10(4-6-12)7-18-9-13(20)19-8-11-1-2-11/h3-6,11,18H,1-2,7-9H2,(H,19,20). The summed E-state index contributed by atoms with van der Waals surface area (Å²) in [7, 11) is 0.